The van der Waals surface area contributed by atoms with Crippen molar-refractivity contribution >= 4 is 38.6 Å². The van der Waals surface area contributed by atoms with Gasteiger partial charge in [0.1, 0.15) is 5.82 Å². The van der Waals surface area contributed by atoms with Gasteiger partial charge in [-0.2, -0.15) is 0 Å². The second kappa shape index (κ2) is 5.21. The fourth-order valence-corrected chi connectivity index (χ4v) is 3.03. The predicted molar refractivity (Wildman–Crippen MR) is 93.5 cm³/mol. The number of hydrogen-bond acceptors (Lipinski definition) is 2. The average molecular weight is 321 g/mol. The summed E-state index contributed by atoms with van der Waals surface area (Å²) in [7, 11) is 0. The molecule has 3 nitrogen and oxygen atoms in total. The highest BCUT2D eigenvalue weighted by Gasteiger charge is 2.15. The number of aryl methyl sites for hydroxylation is 1. The first-order valence-corrected chi connectivity index (χ1v) is 7.69. The first-order chi connectivity index (χ1) is 11.1. The smallest absolute Gasteiger partial charge is 0.254 e. The van der Waals surface area contributed by atoms with Crippen molar-refractivity contribution in [3.8, 4) is 5.82 Å². The second-order valence-corrected chi connectivity index (χ2v) is 5.91. The standard InChI is InChI=1S/C19H13ClN2O/c1-12-6-8-17-14(10-12)15(19(20)23)11-22(17)18-9-7-13-4-2-3-5-16(13)21-18/h2-11H,1H3. The highest BCUT2D eigenvalue weighted by molar-refractivity contribution is 6.68. The third-order valence-electron chi connectivity index (χ3n) is 4.00. The van der Waals surface area contributed by atoms with Crippen LogP contribution < -0.4 is 0 Å². The normalized spacial score (nSPS) is 11.2. The molecule has 4 heteroatoms. The molecule has 0 saturated heterocycles. The number of carbonyl (C=O) groups is 1. The van der Waals surface area contributed by atoms with Gasteiger partial charge >= 0.3 is 0 Å². The van der Waals surface area contributed by atoms with Gasteiger partial charge in [0.15, 0.2) is 0 Å². The molecule has 0 bridgehead atoms. The summed E-state index contributed by atoms with van der Waals surface area (Å²) in [6, 6.07) is 17.9. The Morgan fingerprint density at radius 3 is 2.74 bits per heavy atom. The van der Waals surface area contributed by atoms with E-state index in [1.807, 2.05) is 66.1 Å². The van der Waals surface area contributed by atoms with E-state index in [4.69, 9.17) is 16.6 Å². The van der Waals surface area contributed by atoms with Gasteiger partial charge in [0.25, 0.3) is 5.24 Å². The van der Waals surface area contributed by atoms with Crippen molar-refractivity contribution in [1.82, 2.24) is 9.55 Å². The van der Waals surface area contributed by atoms with Crippen molar-refractivity contribution < 1.29 is 4.79 Å². The monoisotopic (exact) mass is 320 g/mol. The lowest BCUT2D eigenvalue weighted by molar-refractivity contribution is 0.108. The van der Waals surface area contributed by atoms with Crippen LogP contribution in [-0.4, -0.2) is 14.8 Å². The highest BCUT2D eigenvalue weighted by atomic mass is 35.5. The fraction of sp³-hybridized carbons (Fsp3) is 0.0526. The largest absolute Gasteiger partial charge is 0.300 e. The number of nitrogens with zero attached hydrogens (tertiary/aromatic N) is 2. The number of rotatable bonds is 2. The zero-order valence-corrected chi connectivity index (χ0v) is 13.2. The summed E-state index contributed by atoms with van der Waals surface area (Å²) in [6.45, 7) is 1.99. The summed E-state index contributed by atoms with van der Waals surface area (Å²) in [5.41, 5.74) is 3.42. The molecule has 23 heavy (non-hydrogen) atoms. The van der Waals surface area contributed by atoms with Crippen molar-refractivity contribution in [3.63, 3.8) is 0 Å². The van der Waals surface area contributed by atoms with Crippen LogP contribution in [0.4, 0.5) is 0 Å². The van der Waals surface area contributed by atoms with E-state index in [1.165, 1.54) is 0 Å². The first-order valence-electron chi connectivity index (χ1n) is 7.31. The van der Waals surface area contributed by atoms with Gasteiger partial charge < -0.3 is 4.57 Å². The zero-order chi connectivity index (χ0) is 16.0. The maximum Gasteiger partial charge on any atom is 0.254 e. The molecule has 0 aliphatic heterocycles. The topological polar surface area (TPSA) is 34.9 Å². The molecule has 0 spiro atoms. The van der Waals surface area contributed by atoms with Crippen LogP contribution in [0.5, 0.6) is 0 Å². The van der Waals surface area contributed by atoms with Crippen LogP contribution in [0.3, 0.4) is 0 Å². The van der Waals surface area contributed by atoms with Crippen LogP contribution in [0, 0.1) is 6.92 Å². The van der Waals surface area contributed by atoms with Crippen LogP contribution in [0.2, 0.25) is 0 Å². The maximum atomic E-state index is 11.8. The third kappa shape index (κ3) is 2.30. The minimum Gasteiger partial charge on any atom is -0.300 e. The zero-order valence-electron chi connectivity index (χ0n) is 12.5. The average Bonchev–Trinajstić information content (AvgIpc) is 2.93. The lowest BCUT2D eigenvalue weighted by Crippen LogP contribution is -1.96. The summed E-state index contributed by atoms with van der Waals surface area (Å²) < 4.78 is 1.91. The molecule has 2 aromatic carbocycles. The first kappa shape index (κ1) is 14.0. The number of carbonyl (C=O) groups excluding carboxylic acids is 1. The molecular formula is C19H13ClN2O. The van der Waals surface area contributed by atoms with Crippen LogP contribution >= 0.6 is 11.6 Å². The number of aromatic nitrogens is 2. The molecule has 4 aromatic rings. The van der Waals surface area contributed by atoms with Crippen molar-refractivity contribution in [3.05, 3.63) is 71.9 Å². The Hall–Kier alpha value is -2.65. The Kier molecular flexibility index (Phi) is 3.17. The Morgan fingerprint density at radius 1 is 1.09 bits per heavy atom. The summed E-state index contributed by atoms with van der Waals surface area (Å²) in [5, 5.41) is 1.47. The molecule has 0 radical (unpaired) electrons. The number of para-hydroxylation sites is 1. The molecule has 0 N–H and O–H groups in total. The van der Waals surface area contributed by atoms with Crippen LogP contribution in [0.25, 0.3) is 27.6 Å². The highest BCUT2D eigenvalue weighted by Crippen LogP contribution is 2.27. The number of pyridine rings is 1. The Morgan fingerprint density at radius 2 is 1.91 bits per heavy atom. The Balaban J connectivity index is 2.02. The molecule has 0 unspecified atom stereocenters. The van der Waals surface area contributed by atoms with Crippen LogP contribution in [0.1, 0.15) is 15.9 Å². The molecule has 4 rings (SSSR count). The lowest BCUT2D eigenvalue weighted by atomic mass is 10.1. The molecule has 112 valence electrons. The summed E-state index contributed by atoms with van der Waals surface area (Å²) >= 11 is 5.76. The lowest BCUT2D eigenvalue weighted by Gasteiger charge is -2.06. The van der Waals surface area contributed by atoms with E-state index in [9.17, 15) is 4.79 Å². The van der Waals surface area contributed by atoms with Gasteiger partial charge in [0.2, 0.25) is 0 Å². The van der Waals surface area contributed by atoms with Gasteiger partial charge in [-0.05, 0) is 48.9 Å². The number of halogens is 1. The SMILES string of the molecule is Cc1ccc2c(c1)c(C(=O)Cl)cn2-c1ccc2ccccc2n1. The van der Waals surface area contributed by atoms with Crippen molar-refractivity contribution in [1.29, 1.82) is 0 Å². The molecule has 0 fully saturated rings. The maximum absolute atomic E-state index is 11.8. The van der Waals surface area contributed by atoms with E-state index in [1.54, 1.807) is 6.20 Å². The van der Waals surface area contributed by atoms with Gasteiger partial charge in [-0.25, -0.2) is 4.98 Å². The minimum absolute atomic E-state index is 0.458. The Labute approximate surface area is 138 Å². The van der Waals surface area contributed by atoms with Gasteiger partial charge in [0, 0.05) is 17.0 Å². The van der Waals surface area contributed by atoms with E-state index in [2.05, 4.69) is 0 Å². The minimum atomic E-state index is -0.458. The summed E-state index contributed by atoms with van der Waals surface area (Å²) in [5.74, 6) is 0.765. The number of fused-ring (bicyclic) bond motifs is 2. The van der Waals surface area contributed by atoms with Gasteiger partial charge in [0.05, 0.1) is 16.6 Å². The molecule has 0 aliphatic rings. The molecule has 0 amide bonds. The van der Waals surface area contributed by atoms with Gasteiger partial charge in [-0.3, -0.25) is 4.79 Å². The van der Waals surface area contributed by atoms with Gasteiger partial charge in [-0.1, -0.05) is 29.8 Å². The van der Waals surface area contributed by atoms with Crippen LogP contribution in [0.15, 0.2) is 60.8 Å². The van der Waals surface area contributed by atoms with E-state index < -0.39 is 5.24 Å². The second-order valence-electron chi connectivity index (χ2n) is 5.57. The van der Waals surface area contributed by atoms with E-state index in [-0.39, 0.29) is 0 Å². The molecular weight excluding hydrogens is 308 g/mol. The summed E-state index contributed by atoms with van der Waals surface area (Å²) in [6.07, 6.45) is 1.76. The number of benzene rings is 2. The molecule has 0 aliphatic carbocycles. The molecule has 2 heterocycles. The quantitative estimate of drug-likeness (QED) is 0.494. The van der Waals surface area contributed by atoms with E-state index in [0.717, 1.165) is 33.2 Å². The van der Waals surface area contributed by atoms with Crippen molar-refractivity contribution in [2.24, 2.45) is 0 Å². The number of hydrogen-bond donors (Lipinski definition) is 0. The third-order valence-corrected chi connectivity index (χ3v) is 4.21. The molecule has 0 atom stereocenters. The molecule has 2 aromatic heterocycles. The van der Waals surface area contributed by atoms with Gasteiger partial charge in [-0.15, -0.1) is 0 Å². The predicted octanol–water partition coefficient (Wildman–Crippen LogP) is 4.87. The van der Waals surface area contributed by atoms with E-state index in [0.29, 0.717) is 5.56 Å². The fourth-order valence-electron chi connectivity index (χ4n) is 2.88. The van der Waals surface area contributed by atoms with Crippen molar-refractivity contribution in [2.75, 3.05) is 0 Å². The van der Waals surface area contributed by atoms with Crippen molar-refractivity contribution in [2.45, 2.75) is 6.92 Å². The molecule has 0 saturated carbocycles. The van der Waals surface area contributed by atoms with E-state index >= 15 is 0 Å². The van der Waals surface area contributed by atoms with Crippen LogP contribution in [-0.2, 0) is 0 Å². The Bertz CT molecular complexity index is 1070. The summed E-state index contributed by atoms with van der Waals surface area (Å²) in [4.78, 5) is 16.5.